The third-order valence-electron chi connectivity index (χ3n) is 26.3. The molecule has 24 bridgehead atoms. The van der Waals surface area contributed by atoms with Crippen molar-refractivity contribution in [2.75, 3.05) is 0 Å². The third-order valence-corrected chi connectivity index (χ3v) is 29.1. The normalized spacial score (nSPS) is 11.6. The van der Waals surface area contributed by atoms with Crippen LogP contribution in [-0.2, 0) is 76.8 Å². The van der Waals surface area contributed by atoms with Crippen LogP contribution < -0.4 is 30.5 Å². The Morgan fingerprint density at radius 3 is 0.785 bits per heavy atom. The Morgan fingerprint density at radius 1 is 0.222 bits per heavy atom. The summed E-state index contributed by atoms with van der Waals surface area (Å²) in [6.45, 7) is 13.6. The standard InChI is InChI=1S/C36H31N3.C34H24N2Si.C28H13F2N3.C28H15N3.4Ni/c1-35(2,3)23-17-25-26-18-24(36(4,5)6)20-28-32-15-9-13-30(38-32)22-11-7-10-21(16-22)29-12-8-14-31(37-29)27(19-23)33(25)39-34(26)28;1-3-15-28(16-4-1)37(29-17-5-2-6-18-29)34-23-8-7-19-30(34)33-22-12-21-32(36-33)27-14-11-13-26(25-27)31-20-9-10-24-35-31;29-17-11-19-20-12-18(30)14-22-26-9-3-7-24(32-26)16-5-1-4-15(10-16)23-6-2-8-25(31-23)21(13-17)27(19)33-28(20)22;1-6-17-16-18(7-1)24-13-5-15-26(30-24)22-11-3-9-20-19-8-2-10-21(27(19)31-28(20)22)25-14-4-12-23(17)29-25;;;;/h7-15,17-20H,1-6H3;1-24H;1-9,11-14H;1-15H;;;;/q-2;-1;2*-2;;3*+2. The van der Waals surface area contributed by atoms with Crippen molar-refractivity contribution in [2.24, 2.45) is 0 Å². The van der Waals surface area contributed by atoms with Gasteiger partial charge < -0.3 is 15.0 Å². The molecule has 3 aliphatic rings. The van der Waals surface area contributed by atoms with Crippen molar-refractivity contribution in [2.45, 2.75) is 52.4 Å². The van der Waals surface area contributed by atoms with Gasteiger partial charge >= 0.3 is 49.5 Å². The van der Waals surface area contributed by atoms with Crippen LogP contribution in [0.2, 0.25) is 0 Å². The Morgan fingerprint density at radius 2 is 0.465 bits per heavy atom. The van der Waals surface area contributed by atoms with Gasteiger partial charge in [0.2, 0.25) is 0 Å². The van der Waals surface area contributed by atoms with Crippen LogP contribution in [0.1, 0.15) is 52.7 Å². The van der Waals surface area contributed by atoms with Crippen LogP contribution in [0.4, 0.5) is 8.78 Å². The number of hydrogen-bond acceptors (Lipinski definition) is 8. The summed E-state index contributed by atoms with van der Waals surface area (Å²) in [5, 5.41) is 9.77. The number of benzene rings is 13. The summed E-state index contributed by atoms with van der Waals surface area (Å²) in [7, 11) is -1.23. The molecule has 0 aliphatic carbocycles. The van der Waals surface area contributed by atoms with Gasteiger partial charge in [0.25, 0.3) is 0 Å². The van der Waals surface area contributed by atoms with Gasteiger partial charge in [0, 0.05) is 68.2 Å². The topological polar surface area (TPSA) is 145 Å². The molecule has 13 aromatic carbocycles. The molecule has 144 heavy (non-hydrogen) atoms. The van der Waals surface area contributed by atoms with Crippen LogP contribution in [0, 0.1) is 35.9 Å². The minimum atomic E-state index is -1.23. The molecule has 0 spiro atoms. The minimum Gasteiger partial charge on any atom is -0.656 e. The summed E-state index contributed by atoms with van der Waals surface area (Å²) in [6.07, 6.45) is 1.81. The van der Waals surface area contributed by atoms with Crippen molar-refractivity contribution in [3.8, 4) is 169 Å². The Bertz CT molecular complexity index is 8630. The van der Waals surface area contributed by atoms with E-state index in [4.69, 9.17) is 49.8 Å². The number of pyridine rings is 8. The Kier molecular flexibility index (Phi) is 26.5. The molecule has 14 heterocycles. The van der Waals surface area contributed by atoms with Crippen molar-refractivity contribution in [3.63, 3.8) is 0 Å². The van der Waals surface area contributed by atoms with Gasteiger partial charge in [-0.15, -0.1) is 130 Å². The molecule has 24 aromatic rings. The summed E-state index contributed by atoms with van der Waals surface area (Å²) < 4.78 is 29.5. The van der Waals surface area contributed by atoms with E-state index >= 15 is 0 Å². The number of halogens is 2. The van der Waals surface area contributed by atoms with E-state index in [1.54, 1.807) is 0 Å². The van der Waals surface area contributed by atoms with E-state index in [0.29, 0.717) is 55.7 Å². The van der Waals surface area contributed by atoms with Crippen LogP contribution >= 0.6 is 0 Å². The molecule has 0 unspecified atom stereocenters. The molecular weight excluding hydrogens is 1970 g/mol. The van der Waals surface area contributed by atoms with E-state index in [-0.39, 0.29) is 76.8 Å². The number of nitrogens with zero attached hydrogens (tertiary/aromatic N) is 11. The zero-order valence-electron chi connectivity index (χ0n) is 78.5. The molecule has 0 amide bonds. The van der Waals surface area contributed by atoms with Gasteiger partial charge in [-0.1, -0.05) is 339 Å². The van der Waals surface area contributed by atoms with E-state index < -0.39 is 20.4 Å². The second-order valence-corrected chi connectivity index (χ2v) is 39.9. The van der Waals surface area contributed by atoms with Crippen molar-refractivity contribution >= 4 is 89.8 Å². The second kappa shape index (κ2) is 39.8. The number of hydrogen-bond donors (Lipinski definition) is 0. The number of rotatable bonds is 6. The third kappa shape index (κ3) is 18.4. The first-order chi connectivity index (χ1) is 68.4. The molecule has 0 atom stereocenters. The largest absolute Gasteiger partial charge is 2.00 e. The minimum absolute atomic E-state index is 0. The first-order valence-corrected chi connectivity index (χ1v) is 48.3. The van der Waals surface area contributed by atoms with Gasteiger partial charge in [0.15, 0.2) is 8.80 Å². The van der Waals surface area contributed by atoms with E-state index in [2.05, 4.69) is 320 Å². The van der Waals surface area contributed by atoms with E-state index in [1.165, 1.54) is 67.3 Å². The molecule has 18 heteroatoms. The van der Waals surface area contributed by atoms with Crippen LogP contribution in [0.5, 0.6) is 0 Å². The van der Waals surface area contributed by atoms with E-state index in [9.17, 15) is 8.78 Å². The SMILES string of the molecule is CC(C)(C)c1cc2c3[n-]c4c(cc(C(C)(C)C)cc4c3c1)-c1cccc(n1)-c1[c-]c(ccc1)-c1cccc-2n1.Fc1cc2c3[n-]c4c(cc(F)cc4c3c1)-c1cccc(n1)-c1[c-]c(ccc1)-c1cccc-2n1.[Ni+2].[Ni+2].[Ni+2].[Ni].[c-]1c(-c2ccccn2)cccc1-c1cccc(-c2ccccc2[Si](c2ccccc2)c2ccccc2)n1.[c-]1c2cccc1-c1cccc(n1)-c1cccc3c1[n-]c1c(cccc13)-c1cccc-2n1. The molecular formula is C126H83F2N11Ni4Si-. The predicted molar refractivity (Wildman–Crippen MR) is 566 cm³/mol. The fraction of sp³-hybridized carbons (Fsp3) is 0.0635. The second-order valence-electron chi connectivity index (χ2n) is 37.4. The molecule has 3 aliphatic heterocycles. The molecule has 0 saturated carbocycles. The maximum atomic E-state index is 14.8. The van der Waals surface area contributed by atoms with Crippen LogP contribution in [0.25, 0.3) is 234 Å². The molecule has 0 N–H and O–H groups in total. The molecule has 11 aromatic heterocycles. The van der Waals surface area contributed by atoms with E-state index in [0.717, 1.165) is 162 Å². The average Bonchev–Trinajstić information content (AvgIpc) is 1.57. The van der Waals surface area contributed by atoms with Crippen molar-refractivity contribution in [1.82, 2.24) is 54.8 Å². The fourth-order valence-corrected chi connectivity index (χ4v) is 22.0. The molecule has 1 radical (unpaired) electrons. The number of aromatic nitrogens is 11. The van der Waals surface area contributed by atoms with Crippen molar-refractivity contribution in [1.29, 1.82) is 0 Å². The summed E-state index contributed by atoms with van der Waals surface area (Å²) in [5.74, 6) is -0.856. The van der Waals surface area contributed by atoms with Crippen molar-refractivity contribution < 1.29 is 74.7 Å². The maximum absolute atomic E-state index is 14.8. The van der Waals surface area contributed by atoms with Gasteiger partial charge in [0.1, 0.15) is 11.6 Å². The first kappa shape index (κ1) is 96.0. The summed E-state index contributed by atoms with van der Waals surface area (Å²) in [4.78, 5) is 54.9. The first-order valence-electron chi connectivity index (χ1n) is 46.8. The summed E-state index contributed by atoms with van der Waals surface area (Å²) >= 11 is 0. The Labute approximate surface area is 874 Å². The van der Waals surface area contributed by atoms with Gasteiger partial charge in [0.05, 0.1) is 39.9 Å². The van der Waals surface area contributed by atoms with Gasteiger partial charge in [-0.05, 0) is 171 Å². The quantitative estimate of drug-likeness (QED) is 0.0891. The number of fused-ring (bicyclic) bond motifs is 33. The average molecular weight is 2050 g/mol. The molecule has 27 rings (SSSR count). The van der Waals surface area contributed by atoms with Crippen LogP contribution in [0.3, 0.4) is 0 Å². The zero-order chi connectivity index (χ0) is 94.4. The van der Waals surface area contributed by atoms with Gasteiger partial charge in [-0.2, -0.15) is 0 Å². The van der Waals surface area contributed by atoms with Crippen LogP contribution in [-0.4, -0.2) is 48.7 Å². The Balaban J connectivity index is 0.000000116. The molecule has 701 valence electrons. The van der Waals surface area contributed by atoms with Gasteiger partial charge in [-0.25, -0.2) is 8.78 Å². The van der Waals surface area contributed by atoms with Gasteiger partial charge in [-0.3, -0.25) is 39.9 Å². The number of para-hydroxylation sites is 2. The fourth-order valence-electron chi connectivity index (χ4n) is 19.3. The molecule has 11 nitrogen and oxygen atoms in total. The smallest absolute Gasteiger partial charge is 0.656 e. The summed E-state index contributed by atoms with van der Waals surface area (Å²) in [5.41, 5.74) is 34.0. The maximum Gasteiger partial charge on any atom is 2.00 e. The van der Waals surface area contributed by atoms with Crippen molar-refractivity contribution in [3.05, 3.63) is 441 Å². The molecule has 0 saturated heterocycles. The predicted octanol–water partition coefficient (Wildman–Crippen LogP) is 28.2. The van der Waals surface area contributed by atoms with Crippen LogP contribution in [0.15, 0.2) is 394 Å². The Hall–Kier alpha value is -15.5. The monoisotopic (exact) mass is 2050 g/mol. The summed E-state index contributed by atoms with van der Waals surface area (Å²) in [6, 6.07) is 145. The molecule has 0 fully saturated rings. The van der Waals surface area contributed by atoms with E-state index in [1.807, 2.05) is 121 Å². The zero-order valence-corrected chi connectivity index (χ0v) is 83.4.